The van der Waals surface area contributed by atoms with Gasteiger partial charge >= 0.3 is 0 Å². The van der Waals surface area contributed by atoms with E-state index in [1.807, 2.05) is 12.1 Å². The zero-order valence-corrected chi connectivity index (χ0v) is 13.7. The number of benzene rings is 2. The maximum atomic E-state index is 6.05. The molecule has 0 bridgehead atoms. The van der Waals surface area contributed by atoms with E-state index in [-0.39, 0.29) is 0 Å². The molecule has 104 valence electrons. The van der Waals surface area contributed by atoms with Gasteiger partial charge in [0.1, 0.15) is 0 Å². The van der Waals surface area contributed by atoms with Gasteiger partial charge < -0.3 is 5.32 Å². The van der Waals surface area contributed by atoms with Gasteiger partial charge in [0.25, 0.3) is 0 Å². The summed E-state index contributed by atoms with van der Waals surface area (Å²) in [6, 6.07) is 15.2. The Bertz CT molecular complexity index is 620. The van der Waals surface area contributed by atoms with Gasteiger partial charge in [-0.1, -0.05) is 45.7 Å². The molecule has 0 aliphatic heterocycles. The summed E-state index contributed by atoms with van der Waals surface area (Å²) in [6.45, 7) is 2.14. The molecule has 3 rings (SSSR count). The van der Waals surface area contributed by atoms with Gasteiger partial charge in [-0.25, -0.2) is 0 Å². The van der Waals surface area contributed by atoms with Crippen LogP contribution in [0, 0.1) is 6.92 Å². The highest BCUT2D eigenvalue weighted by atomic mass is 79.9. The Morgan fingerprint density at radius 1 is 1.15 bits per heavy atom. The predicted octanol–water partition coefficient (Wildman–Crippen LogP) is 5.77. The Hall–Kier alpha value is -0.990. The molecule has 2 aromatic carbocycles. The first-order valence-corrected chi connectivity index (χ1v) is 8.07. The average molecular weight is 351 g/mol. The van der Waals surface area contributed by atoms with Gasteiger partial charge in [-0.15, -0.1) is 0 Å². The van der Waals surface area contributed by atoms with E-state index in [4.69, 9.17) is 11.6 Å². The van der Waals surface area contributed by atoms with E-state index in [0.29, 0.717) is 12.0 Å². The van der Waals surface area contributed by atoms with Crippen LogP contribution in [0.3, 0.4) is 0 Å². The fourth-order valence-electron chi connectivity index (χ4n) is 2.74. The van der Waals surface area contributed by atoms with E-state index in [2.05, 4.69) is 58.5 Å². The van der Waals surface area contributed by atoms with Crippen molar-refractivity contribution in [1.29, 1.82) is 0 Å². The molecule has 0 amide bonds. The maximum Gasteiger partial charge on any atom is 0.0408 e. The van der Waals surface area contributed by atoms with Crippen molar-refractivity contribution in [1.82, 2.24) is 0 Å². The van der Waals surface area contributed by atoms with Gasteiger partial charge in [-0.05, 0) is 61.1 Å². The molecule has 0 aromatic heterocycles. The minimum absolute atomic E-state index is 0.562. The zero-order valence-electron chi connectivity index (χ0n) is 11.4. The van der Waals surface area contributed by atoms with Crippen molar-refractivity contribution in [3.8, 4) is 0 Å². The molecule has 0 radical (unpaired) electrons. The number of hydrogen-bond acceptors (Lipinski definition) is 1. The third-order valence-corrected chi connectivity index (χ3v) is 4.75. The van der Waals surface area contributed by atoms with E-state index >= 15 is 0 Å². The van der Waals surface area contributed by atoms with Crippen LogP contribution in [0.5, 0.6) is 0 Å². The van der Waals surface area contributed by atoms with Gasteiger partial charge in [0.05, 0.1) is 0 Å². The summed E-state index contributed by atoms with van der Waals surface area (Å²) >= 11 is 9.58. The SMILES string of the molecule is Cc1ccc(Br)cc1NC1CC(c2cccc(Cl)c2)C1. The Morgan fingerprint density at radius 2 is 1.95 bits per heavy atom. The third-order valence-electron chi connectivity index (χ3n) is 4.02. The minimum atomic E-state index is 0.562. The van der Waals surface area contributed by atoms with Gasteiger partial charge in [0.2, 0.25) is 0 Å². The lowest BCUT2D eigenvalue weighted by Gasteiger charge is -2.37. The lowest BCUT2D eigenvalue weighted by Crippen LogP contribution is -2.34. The summed E-state index contributed by atoms with van der Waals surface area (Å²) < 4.78 is 1.12. The van der Waals surface area contributed by atoms with Crippen LogP contribution in [-0.2, 0) is 0 Å². The molecule has 0 saturated heterocycles. The summed E-state index contributed by atoms with van der Waals surface area (Å²) in [5.41, 5.74) is 3.88. The van der Waals surface area contributed by atoms with Gasteiger partial charge in [-0.2, -0.15) is 0 Å². The van der Waals surface area contributed by atoms with Crippen molar-refractivity contribution in [2.45, 2.75) is 31.7 Å². The van der Waals surface area contributed by atoms with Crippen LogP contribution in [-0.4, -0.2) is 6.04 Å². The smallest absolute Gasteiger partial charge is 0.0408 e. The number of aryl methyl sites for hydroxylation is 1. The summed E-state index contributed by atoms with van der Waals surface area (Å²) in [5, 5.41) is 4.47. The molecule has 1 nitrogen and oxygen atoms in total. The van der Waals surface area contributed by atoms with Crippen LogP contribution in [0.2, 0.25) is 5.02 Å². The van der Waals surface area contributed by atoms with Crippen LogP contribution in [0.25, 0.3) is 0 Å². The molecule has 0 spiro atoms. The number of rotatable bonds is 3. The van der Waals surface area contributed by atoms with E-state index in [0.717, 1.165) is 9.50 Å². The second kappa shape index (κ2) is 5.79. The predicted molar refractivity (Wildman–Crippen MR) is 89.7 cm³/mol. The molecule has 2 aromatic rings. The lowest BCUT2D eigenvalue weighted by atomic mass is 9.76. The minimum Gasteiger partial charge on any atom is -0.382 e. The van der Waals surface area contributed by atoms with Gasteiger partial charge in [0.15, 0.2) is 0 Å². The van der Waals surface area contributed by atoms with Crippen molar-refractivity contribution < 1.29 is 0 Å². The van der Waals surface area contributed by atoms with Crippen molar-refractivity contribution in [3.63, 3.8) is 0 Å². The first-order valence-electron chi connectivity index (χ1n) is 6.90. The topological polar surface area (TPSA) is 12.0 Å². The molecule has 1 saturated carbocycles. The number of anilines is 1. The number of halogens is 2. The zero-order chi connectivity index (χ0) is 14.1. The second-order valence-corrected chi connectivity index (χ2v) is 6.88. The van der Waals surface area contributed by atoms with Crippen LogP contribution < -0.4 is 5.32 Å². The van der Waals surface area contributed by atoms with E-state index < -0.39 is 0 Å². The van der Waals surface area contributed by atoms with Crippen molar-refractivity contribution >= 4 is 33.2 Å². The standard InChI is InChI=1S/C17H17BrClN/c1-11-5-6-14(18)10-17(11)20-16-8-13(9-16)12-3-2-4-15(19)7-12/h2-7,10,13,16,20H,8-9H2,1H3. The summed E-state index contributed by atoms with van der Waals surface area (Å²) in [5.74, 6) is 0.638. The third kappa shape index (κ3) is 3.02. The fourth-order valence-corrected chi connectivity index (χ4v) is 3.30. The molecule has 1 aliphatic carbocycles. The first kappa shape index (κ1) is 14.0. The lowest BCUT2D eigenvalue weighted by molar-refractivity contribution is 0.374. The molecular formula is C17H17BrClN. The normalized spacial score (nSPS) is 21.4. The summed E-state index contributed by atoms with van der Waals surface area (Å²) in [4.78, 5) is 0. The highest BCUT2D eigenvalue weighted by molar-refractivity contribution is 9.10. The molecule has 0 atom stereocenters. The Balaban J connectivity index is 1.62. The first-order chi connectivity index (χ1) is 9.61. The van der Waals surface area contributed by atoms with Crippen LogP contribution in [0.15, 0.2) is 46.9 Å². The highest BCUT2D eigenvalue weighted by Gasteiger charge is 2.30. The molecule has 1 fully saturated rings. The average Bonchev–Trinajstić information content (AvgIpc) is 2.37. The van der Waals surface area contributed by atoms with Crippen molar-refractivity contribution in [2.24, 2.45) is 0 Å². The monoisotopic (exact) mass is 349 g/mol. The van der Waals surface area contributed by atoms with Gasteiger partial charge in [-0.3, -0.25) is 0 Å². The highest BCUT2D eigenvalue weighted by Crippen LogP contribution is 2.39. The van der Waals surface area contributed by atoms with Crippen LogP contribution in [0.1, 0.15) is 29.9 Å². The van der Waals surface area contributed by atoms with E-state index in [1.54, 1.807) is 0 Å². The largest absolute Gasteiger partial charge is 0.382 e. The van der Waals surface area contributed by atoms with E-state index in [1.165, 1.54) is 29.7 Å². The molecule has 3 heteroatoms. The van der Waals surface area contributed by atoms with E-state index in [9.17, 15) is 0 Å². The quantitative estimate of drug-likeness (QED) is 0.741. The van der Waals surface area contributed by atoms with Crippen molar-refractivity contribution in [2.75, 3.05) is 5.32 Å². The molecule has 20 heavy (non-hydrogen) atoms. The molecule has 1 aliphatic rings. The van der Waals surface area contributed by atoms with Crippen LogP contribution in [0.4, 0.5) is 5.69 Å². The Kier molecular flexibility index (Phi) is 4.04. The molecular weight excluding hydrogens is 334 g/mol. The summed E-state index contributed by atoms with van der Waals surface area (Å²) in [7, 11) is 0. The fraction of sp³-hybridized carbons (Fsp3) is 0.294. The second-order valence-electron chi connectivity index (χ2n) is 5.52. The Morgan fingerprint density at radius 3 is 2.70 bits per heavy atom. The number of nitrogens with one attached hydrogen (secondary N) is 1. The number of hydrogen-bond donors (Lipinski definition) is 1. The van der Waals surface area contributed by atoms with Crippen LogP contribution >= 0.6 is 27.5 Å². The maximum absolute atomic E-state index is 6.05. The summed E-state index contributed by atoms with van der Waals surface area (Å²) in [6.07, 6.45) is 2.35. The van der Waals surface area contributed by atoms with Gasteiger partial charge in [0, 0.05) is 21.2 Å². The molecule has 1 N–H and O–H groups in total. The van der Waals surface area contributed by atoms with Crippen molar-refractivity contribution in [3.05, 3.63) is 63.1 Å². The molecule has 0 heterocycles. The Labute approximate surface area is 133 Å². The molecule has 0 unspecified atom stereocenters.